The minimum absolute atomic E-state index is 0.0732. The number of nitrogen functional groups attached to an aromatic ring is 1. The van der Waals surface area contributed by atoms with Gasteiger partial charge in [-0.3, -0.25) is 4.79 Å². The second kappa shape index (κ2) is 5.95. The van der Waals surface area contributed by atoms with E-state index in [4.69, 9.17) is 5.73 Å². The van der Waals surface area contributed by atoms with Crippen LogP contribution in [-0.2, 0) is 0 Å². The van der Waals surface area contributed by atoms with E-state index < -0.39 is 0 Å². The summed E-state index contributed by atoms with van der Waals surface area (Å²) in [6.07, 6.45) is 2.20. The minimum Gasteiger partial charge on any atom is -0.398 e. The molecule has 19 heavy (non-hydrogen) atoms. The van der Waals surface area contributed by atoms with E-state index in [0.717, 1.165) is 44.7 Å². The van der Waals surface area contributed by atoms with Crippen molar-refractivity contribution in [2.45, 2.75) is 26.7 Å². The summed E-state index contributed by atoms with van der Waals surface area (Å²) >= 11 is 0. The highest BCUT2D eigenvalue weighted by molar-refractivity contribution is 6.00. The molecule has 4 nitrogen and oxygen atoms in total. The van der Waals surface area contributed by atoms with Crippen LogP contribution in [0, 0.1) is 0 Å². The van der Waals surface area contributed by atoms with Crippen LogP contribution in [0.1, 0.15) is 37.0 Å². The summed E-state index contributed by atoms with van der Waals surface area (Å²) in [4.78, 5) is 16.6. The van der Waals surface area contributed by atoms with Crippen LogP contribution in [-0.4, -0.2) is 37.0 Å². The number of benzene rings is 1. The van der Waals surface area contributed by atoms with Gasteiger partial charge in [0.1, 0.15) is 0 Å². The molecule has 1 amide bonds. The summed E-state index contributed by atoms with van der Waals surface area (Å²) in [6.45, 7) is 7.79. The summed E-state index contributed by atoms with van der Waals surface area (Å²) < 4.78 is 0. The van der Waals surface area contributed by atoms with Gasteiger partial charge in [-0.1, -0.05) is 0 Å². The Morgan fingerprint density at radius 3 is 2.47 bits per heavy atom. The molecule has 1 fully saturated rings. The molecule has 0 unspecified atom stereocenters. The molecule has 0 spiro atoms. The van der Waals surface area contributed by atoms with E-state index in [0.29, 0.717) is 11.3 Å². The third-order valence-electron chi connectivity index (χ3n) is 3.79. The Labute approximate surface area is 115 Å². The maximum atomic E-state index is 12.4. The zero-order chi connectivity index (χ0) is 13.8. The fraction of sp³-hybridized carbons (Fsp3) is 0.533. The van der Waals surface area contributed by atoms with Crippen molar-refractivity contribution in [3.8, 4) is 0 Å². The minimum atomic E-state index is 0.0732. The van der Waals surface area contributed by atoms with E-state index in [2.05, 4.69) is 18.7 Å². The first-order valence-corrected chi connectivity index (χ1v) is 7.11. The number of carbonyl (C=O) groups is 1. The second-order valence-corrected chi connectivity index (χ2v) is 4.94. The lowest BCUT2D eigenvalue weighted by molar-refractivity contribution is 0.0794. The van der Waals surface area contributed by atoms with E-state index >= 15 is 0 Å². The van der Waals surface area contributed by atoms with Gasteiger partial charge in [0, 0.05) is 37.6 Å². The van der Waals surface area contributed by atoms with Gasteiger partial charge in [-0.2, -0.15) is 0 Å². The number of nitrogens with two attached hydrogens (primary N) is 1. The molecule has 0 aliphatic carbocycles. The Balaban J connectivity index is 2.28. The first-order chi connectivity index (χ1) is 9.17. The van der Waals surface area contributed by atoms with Gasteiger partial charge in [-0.15, -0.1) is 0 Å². The van der Waals surface area contributed by atoms with E-state index in [1.165, 1.54) is 0 Å². The standard InChI is InChI=1S/C15H23N3O/c1-3-17(4-2)12-7-8-14(16)13(11-12)15(19)18-9-5-6-10-18/h7-8,11H,3-6,9-10,16H2,1-2H3. The van der Waals surface area contributed by atoms with E-state index in [1.54, 1.807) is 0 Å². The highest BCUT2D eigenvalue weighted by atomic mass is 16.2. The molecule has 0 radical (unpaired) electrons. The molecule has 2 N–H and O–H groups in total. The fourth-order valence-corrected chi connectivity index (χ4v) is 2.61. The summed E-state index contributed by atoms with van der Waals surface area (Å²) in [6, 6.07) is 5.77. The summed E-state index contributed by atoms with van der Waals surface area (Å²) in [7, 11) is 0. The van der Waals surface area contributed by atoms with Gasteiger partial charge in [0.2, 0.25) is 0 Å². The number of carbonyl (C=O) groups excluding carboxylic acids is 1. The van der Waals surface area contributed by atoms with Crippen LogP contribution >= 0.6 is 0 Å². The molecule has 1 saturated heterocycles. The maximum absolute atomic E-state index is 12.4. The SMILES string of the molecule is CCN(CC)c1ccc(N)c(C(=O)N2CCCC2)c1. The molecular weight excluding hydrogens is 238 g/mol. The van der Waals surface area contributed by atoms with E-state index in [1.807, 2.05) is 23.1 Å². The van der Waals surface area contributed by atoms with Gasteiger partial charge in [-0.05, 0) is 44.9 Å². The first-order valence-electron chi connectivity index (χ1n) is 7.11. The Morgan fingerprint density at radius 1 is 1.26 bits per heavy atom. The third kappa shape index (κ3) is 2.83. The molecule has 1 aliphatic rings. The van der Waals surface area contributed by atoms with Crippen LogP contribution in [0.25, 0.3) is 0 Å². The third-order valence-corrected chi connectivity index (χ3v) is 3.79. The number of nitrogens with zero attached hydrogens (tertiary/aromatic N) is 2. The van der Waals surface area contributed by atoms with Crippen molar-refractivity contribution >= 4 is 17.3 Å². The molecule has 0 aromatic heterocycles. The molecule has 1 aromatic carbocycles. The van der Waals surface area contributed by atoms with Crippen molar-refractivity contribution in [3.05, 3.63) is 23.8 Å². The molecule has 0 atom stereocenters. The summed E-state index contributed by atoms with van der Waals surface area (Å²) in [5.74, 6) is 0.0732. The molecule has 1 aromatic rings. The lowest BCUT2D eigenvalue weighted by Crippen LogP contribution is -2.29. The molecule has 1 heterocycles. The molecular formula is C15H23N3O. The van der Waals surface area contributed by atoms with E-state index in [9.17, 15) is 4.79 Å². The van der Waals surface area contributed by atoms with Crippen molar-refractivity contribution in [2.24, 2.45) is 0 Å². The lowest BCUT2D eigenvalue weighted by Gasteiger charge is -2.23. The average Bonchev–Trinajstić information content (AvgIpc) is 2.95. The molecule has 0 bridgehead atoms. The van der Waals surface area contributed by atoms with Gasteiger partial charge in [-0.25, -0.2) is 0 Å². The number of hydrogen-bond donors (Lipinski definition) is 1. The van der Waals surface area contributed by atoms with Gasteiger partial charge < -0.3 is 15.5 Å². The van der Waals surface area contributed by atoms with Crippen LogP contribution in [0.4, 0.5) is 11.4 Å². The van der Waals surface area contributed by atoms with Crippen LogP contribution in [0.2, 0.25) is 0 Å². The highest BCUT2D eigenvalue weighted by Crippen LogP contribution is 2.24. The number of amides is 1. The maximum Gasteiger partial charge on any atom is 0.256 e. The Bertz CT molecular complexity index is 449. The predicted octanol–water partition coefficient (Wildman–Crippen LogP) is 2.35. The topological polar surface area (TPSA) is 49.6 Å². The second-order valence-electron chi connectivity index (χ2n) is 4.94. The van der Waals surface area contributed by atoms with Gasteiger partial charge in [0.15, 0.2) is 0 Å². The molecule has 4 heteroatoms. The fourth-order valence-electron chi connectivity index (χ4n) is 2.61. The van der Waals surface area contributed by atoms with Crippen LogP contribution in [0.5, 0.6) is 0 Å². The van der Waals surface area contributed by atoms with Gasteiger partial charge >= 0.3 is 0 Å². The number of rotatable bonds is 4. The largest absolute Gasteiger partial charge is 0.398 e. The monoisotopic (exact) mass is 261 g/mol. The van der Waals surface area contributed by atoms with Crippen molar-refractivity contribution < 1.29 is 4.79 Å². The molecule has 2 rings (SSSR count). The van der Waals surface area contributed by atoms with Crippen molar-refractivity contribution in [1.82, 2.24) is 4.90 Å². The lowest BCUT2D eigenvalue weighted by atomic mass is 10.1. The zero-order valence-corrected chi connectivity index (χ0v) is 11.9. The molecule has 1 aliphatic heterocycles. The van der Waals surface area contributed by atoms with E-state index in [-0.39, 0.29) is 5.91 Å². The average molecular weight is 261 g/mol. The summed E-state index contributed by atoms with van der Waals surface area (Å²) in [5.41, 5.74) is 8.27. The van der Waals surface area contributed by atoms with Crippen molar-refractivity contribution in [2.75, 3.05) is 36.8 Å². The number of hydrogen-bond acceptors (Lipinski definition) is 3. The first kappa shape index (κ1) is 13.7. The van der Waals surface area contributed by atoms with Gasteiger partial charge in [0.25, 0.3) is 5.91 Å². The highest BCUT2D eigenvalue weighted by Gasteiger charge is 2.21. The number of likely N-dealkylation sites (tertiary alicyclic amines) is 1. The quantitative estimate of drug-likeness (QED) is 0.846. The van der Waals surface area contributed by atoms with Gasteiger partial charge in [0.05, 0.1) is 5.56 Å². The normalized spacial score (nSPS) is 14.7. The Hall–Kier alpha value is -1.71. The molecule has 0 saturated carbocycles. The molecule has 104 valence electrons. The van der Waals surface area contributed by atoms with Crippen LogP contribution in [0.3, 0.4) is 0 Å². The predicted molar refractivity (Wildman–Crippen MR) is 79.6 cm³/mol. The smallest absolute Gasteiger partial charge is 0.256 e. The van der Waals surface area contributed by atoms with Crippen LogP contribution in [0.15, 0.2) is 18.2 Å². The number of anilines is 2. The van der Waals surface area contributed by atoms with Crippen molar-refractivity contribution in [1.29, 1.82) is 0 Å². The zero-order valence-electron chi connectivity index (χ0n) is 11.9. The van der Waals surface area contributed by atoms with Crippen molar-refractivity contribution in [3.63, 3.8) is 0 Å². The Kier molecular flexibility index (Phi) is 4.30. The summed E-state index contributed by atoms with van der Waals surface area (Å²) in [5, 5.41) is 0. The Morgan fingerprint density at radius 2 is 1.89 bits per heavy atom. The van der Waals surface area contributed by atoms with Crippen LogP contribution < -0.4 is 10.6 Å².